The van der Waals surface area contributed by atoms with Gasteiger partial charge in [-0.15, -0.1) is 11.3 Å². The number of rotatable bonds is 3. The van der Waals surface area contributed by atoms with Gasteiger partial charge in [0.2, 0.25) is 0 Å². The molecule has 4 rings (SSSR count). The Bertz CT molecular complexity index is 758. The van der Waals surface area contributed by atoms with Crippen molar-refractivity contribution < 1.29 is 4.79 Å². The van der Waals surface area contributed by atoms with Crippen LogP contribution < -0.4 is 5.73 Å². The summed E-state index contributed by atoms with van der Waals surface area (Å²) in [4.78, 5) is 20.5. The standard InChI is InChI=1S/C17H18BrN3OS/c1-9-20-15(16(23-9)10-2-4-12(18)5-3-10)17(22)21-8-11-6-13(11)14(21)7-19/h2-5,11,13-14H,6-8,19H2,1H3/t11-,13-,14+/m0/s1. The maximum Gasteiger partial charge on any atom is 0.274 e. The summed E-state index contributed by atoms with van der Waals surface area (Å²) in [5.41, 5.74) is 7.53. The van der Waals surface area contributed by atoms with Gasteiger partial charge in [0.25, 0.3) is 5.91 Å². The molecule has 0 bridgehead atoms. The molecule has 120 valence electrons. The van der Waals surface area contributed by atoms with Gasteiger partial charge in [-0.2, -0.15) is 0 Å². The van der Waals surface area contributed by atoms with Gasteiger partial charge in [-0.1, -0.05) is 28.1 Å². The molecule has 23 heavy (non-hydrogen) atoms. The number of likely N-dealkylation sites (tertiary alicyclic amines) is 1. The number of nitrogens with two attached hydrogens (primary N) is 1. The predicted octanol–water partition coefficient (Wildman–Crippen LogP) is 3.30. The molecule has 0 spiro atoms. The lowest BCUT2D eigenvalue weighted by Gasteiger charge is -2.26. The van der Waals surface area contributed by atoms with Gasteiger partial charge in [0.05, 0.1) is 9.88 Å². The van der Waals surface area contributed by atoms with E-state index in [9.17, 15) is 4.79 Å². The van der Waals surface area contributed by atoms with Crippen molar-refractivity contribution in [1.82, 2.24) is 9.88 Å². The maximum absolute atomic E-state index is 13.1. The Hall–Kier alpha value is -1.24. The first kappa shape index (κ1) is 15.3. The van der Waals surface area contributed by atoms with Crippen molar-refractivity contribution in [3.8, 4) is 10.4 Å². The van der Waals surface area contributed by atoms with Crippen LogP contribution in [0, 0.1) is 18.8 Å². The molecule has 1 aromatic heterocycles. The fourth-order valence-electron chi connectivity index (χ4n) is 3.61. The van der Waals surface area contributed by atoms with Gasteiger partial charge in [0, 0.05) is 23.6 Å². The molecule has 0 unspecified atom stereocenters. The Kier molecular flexibility index (Phi) is 3.78. The van der Waals surface area contributed by atoms with E-state index in [1.807, 2.05) is 36.1 Å². The third-order valence-corrected chi connectivity index (χ3v) is 6.40. The van der Waals surface area contributed by atoms with Crippen molar-refractivity contribution in [2.24, 2.45) is 17.6 Å². The van der Waals surface area contributed by atoms with E-state index in [0.29, 0.717) is 24.1 Å². The van der Waals surface area contributed by atoms with Gasteiger partial charge in [0.1, 0.15) is 5.69 Å². The molecule has 1 amide bonds. The van der Waals surface area contributed by atoms with Gasteiger partial charge >= 0.3 is 0 Å². The van der Waals surface area contributed by atoms with E-state index in [1.54, 1.807) is 11.3 Å². The molecule has 1 saturated carbocycles. The molecule has 3 atom stereocenters. The fourth-order valence-corrected chi connectivity index (χ4v) is 4.79. The molecular formula is C17H18BrN3OS. The molecule has 2 heterocycles. The van der Waals surface area contributed by atoms with Crippen LogP contribution in [0.25, 0.3) is 10.4 Å². The lowest BCUT2D eigenvalue weighted by atomic mass is 10.1. The van der Waals surface area contributed by atoms with Gasteiger partial charge in [-0.25, -0.2) is 4.98 Å². The number of fused-ring (bicyclic) bond motifs is 1. The second-order valence-electron chi connectivity index (χ2n) is 6.34. The number of carbonyl (C=O) groups is 1. The summed E-state index contributed by atoms with van der Waals surface area (Å²) in [5.74, 6) is 1.30. The Morgan fingerprint density at radius 2 is 2.17 bits per heavy atom. The molecule has 1 aliphatic carbocycles. The summed E-state index contributed by atoms with van der Waals surface area (Å²) >= 11 is 5.03. The van der Waals surface area contributed by atoms with Crippen LogP contribution in [0.5, 0.6) is 0 Å². The van der Waals surface area contributed by atoms with Crippen LogP contribution in [0.1, 0.15) is 21.9 Å². The monoisotopic (exact) mass is 391 g/mol. The van der Waals surface area contributed by atoms with Crippen molar-refractivity contribution in [2.45, 2.75) is 19.4 Å². The number of aromatic nitrogens is 1. The minimum Gasteiger partial charge on any atom is -0.332 e. The summed E-state index contributed by atoms with van der Waals surface area (Å²) < 4.78 is 1.03. The molecule has 4 nitrogen and oxygen atoms in total. The predicted molar refractivity (Wildman–Crippen MR) is 95.5 cm³/mol. The van der Waals surface area contributed by atoms with Crippen LogP contribution in [-0.4, -0.2) is 34.9 Å². The van der Waals surface area contributed by atoms with Gasteiger partial charge in [-0.3, -0.25) is 4.79 Å². The summed E-state index contributed by atoms with van der Waals surface area (Å²) in [6.07, 6.45) is 1.22. The summed E-state index contributed by atoms with van der Waals surface area (Å²) in [7, 11) is 0. The van der Waals surface area contributed by atoms with Crippen molar-refractivity contribution in [3.05, 3.63) is 39.4 Å². The number of benzene rings is 1. The number of piperidine rings is 1. The quantitative estimate of drug-likeness (QED) is 0.872. The zero-order valence-electron chi connectivity index (χ0n) is 12.8. The van der Waals surface area contributed by atoms with Gasteiger partial charge in [-0.05, 0) is 42.9 Å². The Morgan fingerprint density at radius 1 is 1.43 bits per heavy atom. The smallest absolute Gasteiger partial charge is 0.274 e. The van der Waals surface area contributed by atoms with Crippen LogP contribution in [-0.2, 0) is 0 Å². The highest BCUT2D eigenvalue weighted by atomic mass is 79.9. The number of hydrogen-bond acceptors (Lipinski definition) is 4. The van der Waals surface area contributed by atoms with Crippen LogP contribution in [0.2, 0.25) is 0 Å². The number of thiazole rings is 1. The normalized spacial score (nSPS) is 25.5. The van der Waals surface area contributed by atoms with Crippen LogP contribution in [0.15, 0.2) is 28.7 Å². The average Bonchev–Trinajstić information content (AvgIpc) is 3.04. The van der Waals surface area contributed by atoms with Crippen LogP contribution in [0.4, 0.5) is 0 Å². The minimum absolute atomic E-state index is 0.0370. The zero-order chi connectivity index (χ0) is 16.1. The van der Waals surface area contributed by atoms with Gasteiger partial charge in [0.15, 0.2) is 0 Å². The molecule has 1 aliphatic heterocycles. The topological polar surface area (TPSA) is 59.2 Å². The second kappa shape index (κ2) is 5.69. The Balaban J connectivity index is 1.69. The van der Waals surface area contributed by atoms with Crippen molar-refractivity contribution in [2.75, 3.05) is 13.1 Å². The summed E-state index contributed by atoms with van der Waals surface area (Å²) in [5, 5.41) is 0.917. The zero-order valence-corrected chi connectivity index (χ0v) is 15.2. The number of aryl methyl sites for hydroxylation is 1. The molecule has 2 aliphatic rings. The molecule has 2 fully saturated rings. The van der Waals surface area contributed by atoms with E-state index in [2.05, 4.69) is 20.9 Å². The molecule has 2 aromatic rings. The fraction of sp³-hybridized carbons (Fsp3) is 0.412. The molecule has 2 N–H and O–H groups in total. The first-order valence-corrected chi connectivity index (χ1v) is 9.44. The van der Waals surface area contributed by atoms with Crippen molar-refractivity contribution in [3.63, 3.8) is 0 Å². The summed E-state index contributed by atoms with van der Waals surface area (Å²) in [6.45, 7) is 3.33. The number of halogens is 1. The SMILES string of the molecule is Cc1nc(C(=O)N2C[C@@H]3C[C@@H]3[C@H]2CN)c(-c2ccc(Br)cc2)s1. The van der Waals surface area contributed by atoms with E-state index in [4.69, 9.17) is 5.73 Å². The maximum atomic E-state index is 13.1. The van der Waals surface area contributed by atoms with E-state index < -0.39 is 0 Å². The van der Waals surface area contributed by atoms with Crippen molar-refractivity contribution >= 4 is 33.2 Å². The highest BCUT2D eigenvalue weighted by molar-refractivity contribution is 9.10. The molecule has 0 radical (unpaired) electrons. The Morgan fingerprint density at radius 3 is 2.87 bits per heavy atom. The second-order valence-corrected chi connectivity index (χ2v) is 8.46. The first-order chi connectivity index (χ1) is 11.1. The Labute approximate surface area is 147 Å². The average molecular weight is 392 g/mol. The molecule has 1 aromatic carbocycles. The number of hydrogen-bond donors (Lipinski definition) is 1. The third-order valence-electron chi connectivity index (χ3n) is 4.85. The van der Waals surface area contributed by atoms with E-state index in [1.165, 1.54) is 6.42 Å². The molecular weight excluding hydrogens is 374 g/mol. The van der Waals surface area contributed by atoms with E-state index >= 15 is 0 Å². The van der Waals surface area contributed by atoms with Crippen LogP contribution in [0.3, 0.4) is 0 Å². The lowest BCUT2D eigenvalue weighted by Crippen LogP contribution is -2.43. The number of carbonyl (C=O) groups excluding carboxylic acids is 1. The molecule has 6 heteroatoms. The van der Waals surface area contributed by atoms with Gasteiger partial charge < -0.3 is 10.6 Å². The number of amides is 1. The largest absolute Gasteiger partial charge is 0.332 e. The van der Waals surface area contributed by atoms with E-state index in [-0.39, 0.29) is 11.9 Å². The lowest BCUT2D eigenvalue weighted by molar-refractivity contribution is 0.0708. The number of nitrogens with zero attached hydrogens (tertiary/aromatic N) is 2. The summed E-state index contributed by atoms with van der Waals surface area (Å²) in [6, 6.07) is 8.22. The highest BCUT2D eigenvalue weighted by Crippen LogP contribution is 2.49. The first-order valence-electron chi connectivity index (χ1n) is 7.83. The molecule has 1 saturated heterocycles. The van der Waals surface area contributed by atoms with Crippen LogP contribution >= 0.6 is 27.3 Å². The minimum atomic E-state index is 0.0370. The third kappa shape index (κ3) is 2.62. The van der Waals surface area contributed by atoms with E-state index in [0.717, 1.165) is 26.5 Å². The van der Waals surface area contributed by atoms with Crippen molar-refractivity contribution in [1.29, 1.82) is 0 Å². The highest BCUT2D eigenvalue weighted by Gasteiger charge is 2.53.